The van der Waals surface area contributed by atoms with Gasteiger partial charge in [0.1, 0.15) is 11.5 Å². The summed E-state index contributed by atoms with van der Waals surface area (Å²) in [5.74, 6) is 1.57. The quantitative estimate of drug-likeness (QED) is 0.533. The van der Waals surface area contributed by atoms with Crippen molar-refractivity contribution in [2.75, 3.05) is 45.3 Å². The third-order valence-electron chi connectivity index (χ3n) is 6.15. The van der Waals surface area contributed by atoms with E-state index < -0.39 is 0 Å². The molecule has 1 saturated heterocycles. The summed E-state index contributed by atoms with van der Waals surface area (Å²) in [5.41, 5.74) is 1.77. The maximum absolute atomic E-state index is 12.9. The lowest BCUT2D eigenvalue weighted by Crippen LogP contribution is -2.52. The molecule has 1 amide bonds. The van der Waals surface area contributed by atoms with E-state index in [1.807, 2.05) is 24.3 Å². The van der Waals surface area contributed by atoms with Crippen molar-refractivity contribution in [3.8, 4) is 11.5 Å². The molecule has 1 aliphatic rings. The smallest absolute Gasteiger partial charge is 0.251 e. The van der Waals surface area contributed by atoms with Gasteiger partial charge in [0.25, 0.3) is 5.91 Å². The second-order valence-electron chi connectivity index (χ2n) is 8.15. The number of carbonyl (C=O) groups excluding carboxylic acids is 1. The van der Waals surface area contributed by atoms with Crippen molar-refractivity contribution < 1.29 is 14.3 Å². The molecule has 2 aromatic carbocycles. The highest BCUT2D eigenvalue weighted by Gasteiger charge is 2.31. The Labute approximate surface area is 199 Å². The predicted molar refractivity (Wildman–Crippen MR) is 134 cm³/mol. The molecule has 4 rings (SSSR count). The second kappa shape index (κ2) is 10.7. The number of anilines is 1. The van der Waals surface area contributed by atoms with E-state index in [9.17, 15) is 4.79 Å². The lowest BCUT2D eigenvalue weighted by atomic mass is 10.0. The standard InChI is InChI=1S/C26H31N3O3S/c1-19(27-26(30)20-10-12-21(31-2)13-11-20)25(24-9-6-18-33-24)29-16-14-28(15-17-29)22-7-4-5-8-23(22)32-3/h4-13,18-19,25H,14-17H2,1-3H3,(H,27,30)/t19-,25-/m0/s1. The molecule has 0 spiro atoms. The normalized spacial score (nSPS) is 16.2. The van der Waals surface area contributed by atoms with Gasteiger partial charge in [0.2, 0.25) is 0 Å². The van der Waals surface area contributed by atoms with E-state index in [2.05, 4.69) is 51.7 Å². The summed E-state index contributed by atoms with van der Waals surface area (Å²) in [6, 6.07) is 19.7. The summed E-state index contributed by atoms with van der Waals surface area (Å²) in [7, 11) is 3.34. The largest absolute Gasteiger partial charge is 0.497 e. The summed E-state index contributed by atoms with van der Waals surface area (Å²) in [5, 5.41) is 5.33. The first-order valence-corrected chi connectivity index (χ1v) is 12.1. The zero-order chi connectivity index (χ0) is 23.2. The number of amides is 1. The van der Waals surface area contributed by atoms with E-state index in [1.54, 1.807) is 37.7 Å². The van der Waals surface area contributed by atoms with Crippen molar-refractivity contribution in [1.29, 1.82) is 0 Å². The number of benzene rings is 2. The summed E-state index contributed by atoms with van der Waals surface area (Å²) in [6.07, 6.45) is 0. The molecule has 1 aromatic heterocycles. The fourth-order valence-electron chi connectivity index (χ4n) is 4.45. The lowest BCUT2D eigenvalue weighted by molar-refractivity contribution is 0.0890. The Morgan fingerprint density at radius 1 is 0.939 bits per heavy atom. The number of methoxy groups -OCH3 is 2. The van der Waals surface area contributed by atoms with Crippen LogP contribution < -0.4 is 19.7 Å². The van der Waals surface area contributed by atoms with Crippen LogP contribution >= 0.6 is 11.3 Å². The number of carbonyl (C=O) groups is 1. The molecule has 33 heavy (non-hydrogen) atoms. The number of rotatable bonds is 8. The van der Waals surface area contributed by atoms with Gasteiger partial charge < -0.3 is 19.7 Å². The fraction of sp³-hybridized carbons (Fsp3) is 0.346. The number of ether oxygens (including phenoxy) is 2. The number of piperazine rings is 1. The molecule has 0 unspecified atom stereocenters. The highest BCUT2D eigenvalue weighted by Crippen LogP contribution is 2.32. The van der Waals surface area contributed by atoms with Crippen LogP contribution in [0.2, 0.25) is 0 Å². The molecule has 0 radical (unpaired) electrons. The molecule has 0 aliphatic carbocycles. The van der Waals surface area contributed by atoms with Crippen LogP contribution in [0.1, 0.15) is 28.2 Å². The van der Waals surface area contributed by atoms with E-state index in [0.717, 1.165) is 43.4 Å². The molecule has 0 bridgehead atoms. The summed E-state index contributed by atoms with van der Waals surface area (Å²) < 4.78 is 10.8. The van der Waals surface area contributed by atoms with Gasteiger partial charge in [0.15, 0.2) is 0 Å². The zero-order valence-electron chi connectivity index (χ0n) is 19.4. The minimum atomic E-state index is -0.0700. The van der Waals surface area contributed by atoms with E-state index >= 15 is 0 Å². The van der Waals surface area contributed by atoms with Gasteiger partial charge in [-0.2, -0.15) is 0 Å². The van der Waals surface area contributed by atoms with Crippen LogP contribution in [0, 0.1) is 0 Å². The van der Waals surface area contributed by atoms with Gasteiger partial charge >= 0.3 is 0 Å². The molecule has 174 valence electrons. The second-order valence-corrected chi connectivity index (χ2v) is 9.13. The molecular weight excluding hydrogens is 434 g/mol. The first-order valence-electron chi connectivity index (χ1n) is 11.2. The molecule has 2 atom stereocenters. The van der Waals surface area contributed by atoms with Crippen molar-refractivity contribution in [3.05, 3.63) is 76.5 Å². The monoisotopic (exact) mass is 465 g/mol. The molecule has 1 N–H and O–H groups in total. The minimum absolute atomic E-state index is 0.0453. The molecule has 2 heterocycles. The van der Waals surface area contributed by atoms with Crippen LogP contribution in [-0.4, -0.2) is 57.2 Å². The Balaban J connectivity index is 1.46. The predicted octanol–water partition coefficient (Wildman–Crippen LogP) is 4.45. The van der Waals surface area contributed by atoms with Gasteiger partial charge in [0, 0.05) is 42.7 Å². The molecule has 7 heteroatoms. The molecular formula is C26H31N3O3S. The number of nitrogens with zero attached hydrogens (tertiary/aromatic N) is 2. The van der Waals surface area contributed by atoms with E-state index in [0.29, 0.717) is 5.56 Å². The van der Waals surface area contributed by atoms with E-state index in [-0.39, 0.29) is 18.0 Å². The van der Waals surface area contributed by atoms with Crippen molar-refractivity contribution in [3.63, 3.8) is 0 Å². The van der Waals surface area contributed by atoms with Crippen molar-refractivity contribution in [2.24, 2.45) is 0 Å². The van der Waals surface area contributed by atoms with Gasteiger partial charge in [-0.05, 0) is 54.8 Å². The Hall–Kier alpha value is -3.03. The van der Waals surface area contributed by atoms with Crippen LogP contribution in [0.25, 0.3) is 0 Å². The number of thiophene rings is 1. The van der Waals surface area contributed by atoms with Crippen LogP contribution in [0.4, 0.5) is 5.69 Å². The highest BCUT2D eigenvalue weighted by molar-refractivity contribution is 7.10. The summed E-state index contributed by atoms with van der Waals surface area (Å²) >= 11 is 1.74. The number of nitrogens with one attached hydrogen (secondary N) is 1. The Kier molecular flexibility index (Phi) is 7.52. The first-order chi connectivity index (χ1) is 16.1. The van der Waals surface area contributed by atoms with E-state index in [4.69, 9.17) is 9.47 Å². The molecule has 1 aliphatic heterocycles. The third-order valence-corrected chi connectivity index (χ3v) is 7.10. The van der Waals surface area contributed by atoms with Crippen LogP contribution in [0.5, 0.6) is 11.5 Å². The van der Waals surface area contributed by atoms with Gasteiger partial charge in [-0.3, -0.25) is 9.69 Å². The summed E-state index contributed by atoms with van der Waals surface area (Å²) in [6.45, 7) is 5.72. The molecule has 1 fully saturated rings. The maximum Gasteiger partial charge on any atom is 0.251 e. The molecule has 0 saturated carbocycles. The van der Waals surface area contributed by atoms with Gasteiger partial charge in [0.05, 0.1) is 25.9 Å². The van der Waals surface area contributed by atoms with Crippen LogP contribution in [0.15, 0.2) is 66.0 Å². The van der Waals surface area contributed by atoms with Crippen molar-refractivity contribution >= 4 is 22.9 Å². The van der Waals surface area contributed by atoms with Crippen LogP contribution in [-0.2, 0) is 0 Å². The maximum atomic E-state index is 12.9. The minimum Gasteiger partial charge on any atom is -0.497 e. The van der Waals surface area contributed by atoms with Crippen molar-refractivity contribution in [1.82, 2.24) is 10.2 Å². The first kappa shape index (κ1) is 23.1. The Bertz CT molecular complexity index is 1030. The SMILES string of the molecule is COc1ccc(C(=O)N[C@@H](C)[C@@H](c2cccs2)N2CCN(c3ccccc3OC)CC2)cc1. The van der Waals surface area contributed by atoms with Gasteiger partial charge in [-0.25, -0.2) is 0 Å². The Morgan fingerprint density at radius 3 is 2.30 bits per heavy atom. The lowest BCUT2D eigenvalue weighted by Gasteiger charge is -2.42. The number of hydrogen-bond acceptors (Lipinski definition) is 6. The highest BCUT2D eigenvalue weighted by atomic mass is 32.1. The Morgan fingerprint density at radius 2 is 1.67 bits per heavy atom. The molecule has 3 aromatic rings. The van der Waals surface area contributed by atoms with Gasteiger partial charge in [-0.1, -0.05) is 18.2 Å². The molecule has 6 nitrogen and oxygen atoms in total. The van der Waals surface area contributed by atoms with E-state index in [1.165, 1.54) is 4.88 Å². The average molecular weight is 466 g/mol. The average Bonchev–Trinajstić information content (AvgIpc) is 3.39. The van der Waals surface area contributed by atoms with Gasteiger partial charge in [-0.15, -0.1) is 11.3 Å². The summed E-state index contributed by atoms with van der Waals surface area (Å²) in [4.78, 5) is 19.1. The topological polar surface area (TPSA) is 54.0 Å². The van der Waals surface area contributed by atoms with Crippen molar-refractivity contribution in [2.45, 2.75) is 19.0 Å². The fourth-order valence-corrected chi connectivity index (χ4v) is 5.41. The third kappa shape index (κ3) is 5.31. The zero-order valence-corrected chi connectivity index (χ0v) is 20.2. The van der Waals surface area contributed by atoms with Crippen LogP contribution in [0.3, 0.4) is 0 Å². The number of para-hydroxylation sites is 2. The number of hydrogen-bond donors (Lipinski definition) is 1.